The van der Waals surface area contributed by atoms with Gasteiger partial charge in [0.25, 0.3) is 5.91 Å². The van der Waals surface area contributed by atoms with Crippen LogP contribution in [0.15, 0.2) is 48.7 Å². The molecule has 0 saturated carbocycles. The maximum Gasteiger partial charge on any atom is 0.328 e. The number of cyclic esters (lactones) is 1. The molecule has 0 aliphatic carbocycles. The number of aliphatic hydroxyl groups excluding tert-OH is 1. The van der Waals surface area contributed by atoms with Gasteiger partial charge < -0.3 is 30.9 Å². The van der Waals surface area contributed by atoms with Crippen molar-refractivity contribution in [1.29, 1.82) is 0 Å². The third kappa shape index (κ3) is 7.76. The quantitative estimate of drug-likeness (QED) is 0.340. The van der Waals surface area contributed by atoms with Gasteiger partial charge in [0.05, 0.1) is 18.1 Å². The van der Waals surface area contributed by atoms with E-state index in [2.05, 4.69) is 20.9 Å². The molecule has 5 N–H and O–H groups in total. The van der Waals surface area contributed by atoms with Crippen LogP contribution in [0.4, 0.5) is 0 Å². The molecule has 11 nitrogen and oxygen atoms in total. The second kappa shape index (κ2) is 13.2. The minimum Gasteiger partial charge on any atom is -0.505 e. The number of nitrogens with one attached hydrogen (secondary N) is 3. The Balaban J connectivity index is 1.99. The summed E-state index contributed by atoms with van der Waals surface area (Å²) in [6, 6.07) is 8.48. The van der Waals surface area contributed by atoms with Crippen molar-refractivity contribution in [2.45, 2.75) is 70.9 Å². The molecule has 2 aromatic rings. The van der Waals surface area contributed by atoms with Crippen molar-refractivity contribution in [1.82, 2.24) is 20.9 Å². The number of amides is 3. The molecule has 0 bridgehead atoms. The average Bonchev–Trinajstić information content (AvgIpc) is 2.89. The second-order valence-corrected chi connectivity index (χ2v) is 10.2. The Labute approximate surface area is 227 Å². The Morgan fingerprint density at radius 3 is 2.38 bits per heavy atom. The zero-order valence-corrected chi connectivity index (χ0v) is 22.5. The highest BCUT2D eigenvalue weighted by atomic mass is 16.5. The number of esters is 1. The normalized spacial score (nSPS) is 26.5. The highest BCUT2D eigenvalue weighted by Crippen LogP contribution is 2.18. The van der Waals surface area contributed by atoms with Crippen molar-refractivity contribution in [2.24, 2.45) is 11.8 Å². The number of ether oxygens (including phenoxy) is 1. The van der Waals surface area contributed by atoms with Gasteiger partial charge in [0, 0.05) is 6.20 Å². The summed E-state index contributed by atoms with van der Waals surface area (Å²) in [6.45, 7) is 6.71. The third-order valence-electron chi connectivity index (χ3n) is 6.61. The smallest absolute Gasteiger partial charge is 0.328 e. The summed E-state index contributed by atoms with van der Waals surface area (Å²) < 4.78 is 5.58. The first kappa shape index (κ1) is 29.6. The number of pyridine rings is 1. The molecule has 1 aliphatic heterocycles. The van der Waals surface area contributed by atoms with E-state index in [1.807, 2.05) is 44.2 Å². The Morgan fingerprint density at radius 2 is 1.74 bits per heavy atom. The van der Waals surface area contributed by atoms with Gasteiger partial charge in [-0.3, -0.25) is 14.4 Å². The van der Waals surface area contributed by atoms with Crippen LogP contribution in [0.2, 0.25) is 0 Å². The molecule has 1 aromatic heterocycles. The molecular weight excluding hydrogens is 504 g/mol. The first-order valence-electron chi connectivity index (χ1n) is 13.0. The molecule has 2 heterocycles. The molecule has 0 radical (unpaired) electrons. The van der Waals surface area contributed by atoms with E-state index in [0.29, 0.717) is 0 Å². The summed E-state index contributed by atoms with van der Waals surface area (Å²) in [5.41, 5.74) is 0.493. The lowest BCUT2D eigenvalue weighted by Gasteiger charge is -2.33. The standard InChI is InChI=1S/C28H36N4O7/c1-15(2)13-20-28(38)39-17(4)22(32-27(37)23-21(33)11-8-12-29-23)26(36)30-19(14-18-9-6-5-7-10-18)24(34)16(3)25(35)31-20/h5-12,15-17,19-20,22,24,33-34H,13-14H2,1-4H3,(H,30,36)(H,31,35)(H,32,37)/t16-,17-,19+,20?,22+,24+/m1/s1. The molecule has 1 unspecified atom stereocenters. The number of nitrogens with zero attached hydrogens (tertiary/aromatic N) is 1. The molecule has 1 aliphatic rings. The SMILES string of the molecule is CC(C)CC1NC(=O)[C@H](C)[C@H](O)[C@H](Cc2ccccc2)NC(=O)[C@@H](NC(=O)c2ncccc2O)[C@@H](C)OC1=O. The van der Waals surface area contributed by atoms with Crippen LogP contribution in [-0.2, 0) is 25.5 Å². The minimum absolute atomic E-state index is 0.0167. The van der Waals surface area contributed by atoms with Gasteiger partial charge in [-0.05, 0) is 43.4 Å². The van der Waals surface area contributed by atoms with E-state index >= 15 is 0 Å². The van der Waals surface area contributed by atoms with Gasteiger partial charge in [0.15, 0.2) is 5.69 Å². The number of aromatic hydroxyl groups is 1. The maximum absolute atomic E-state index is 13.6. The molecule has 11 heteroatoms. The van der Waals surface area contributed by atoms with Crippen LogP contribution in [0.1, 0.15) is 50.2 Å². The summed E-state index contributed by atoms with van der Waals surface area (Å²) in [5.74, 6) is -4.29. The van der Waals surface area contributed by atoms with Crippen LogP contribution in [0.3, 0.4) is 0 Å². The fourth-order valence-electron chi connectivity index (χ4n) is 4.40. The van der Waals surface area contributed by atoms with Crippen molar-refractivity contribution in [3.63, 3.8) is 0 Å². The van der Waals surface area contributed by atoms with Crippen molar-refractivity contribution in [3.8, 4) is 5.75 Å². The predicted octanol–water partition coefficient (Wildman–Crippen LogP) is 1.09. The number of hydrogen-bond donors (Lipinski definition) is 5. The number of carbonyl (C=O) groups excluding carboxylic acids is 4. The van der Waals surface area contributed by atoms with E-state index in [1.54, 1.807) is 0 Å². The first-order valence-corrected chi connectivity index (χ1v) is 13.0. The molecule has 39 heavy (non-hydrogen) atoms. The van der Waals surface area contributed by atoms with E-state index in [9.17, 15) is 29.4 Å². The van der Waals surface area contributed by atoms with E-state index in [0.717, 1.165) is 5.56 Å². The van der Waals surface area contributed by atoms with Gasteiger partial charge in [-0.15, -0.1) is 0 Å². The Kier molecular flexibility index (Phi) is 10.00. The predicted molar refractivity (Wildman–Crippen MR) is 141 cm³/mol. The van der Waals surface area contributed by atoms with Crippen LogP contribution in [0, 0.1) is 11.8 Å². The highest BCUT2D eigenvalue weighted by molar-refractivity contribution is 5.98. The molecule has 0 spiro atoms. The number of aliphatic hydroxyl groups is 1. The van der Waals surface area contributed by atoms with Gasteiger partial charge in [-0.25, -0.2) is 9.78 Å². The highest BCUT2D eigenvalue weighted by Gasteiger charge is 2.39. The van der Waals surface area contributed by atoms with Crippen molar-refractivity contribution in [3.05, 3.63) is 59.9 Å². The van der Waals surface area contributed by atoms with Crippen LogP contribution >= 0.6 is 0 Å². The van der Waals surface area contributed by atoms with Crippen LogP contribution in [-0.4, -0.2) is 69.2 Å². The van der Waals surface area contributed by atoms with E-state index < -0.39 is 59.9 Å². The Hall–Kier alpha value is -3.99. The first-order chi connectivity index (χ1) is 18.5. The topological polar surface area (TPSA) is 167 Å². The lowest BCUT2D eigenvalue weighted by atomic mass is 9.91. The molecule has 210 valence electrons. The third-order valence-corrected chi connectivity index (χ3v) is 6.61. The molecule has 3 rings (SSSR count). The molecule has 1 fully saturated rings. The van der Waals surface area contributed by atoms with Crippen LogP contribution in [0.5, 0.6) is 5.75 Å². The van der Waals surface area contributed by atoms with E-state index in [1.165, 1.54) is 32.2 Å². The number of benzene rings is 1. The molecule has 1 aromatic carbocycles. The zero-order valence-electron chi connectivity index (χ0n) is 22.5. The molecule has 6 atom stereocenters. The summed E-state index contributed by atoms with van der Waals surface area (Å²) >= 11 is 0. The molecular formula is C28H36N4O7. The number of hydrogen-bond acceptors (Lipinski definition) is 8. The van der Waals surface area contributed by atoms with E-state index in [4.69, 9.17) is 4.74 Å². The summed E-state index contributed by atoms with van der Waals surface area (Å²) in [4.78, 5) is 56.6. The lowest BCUT2D eigenvalue weighted by molar-refractivity contribution is -0.156. The van der Waals surface area contributed by atoms with Gasteiger partial charge in [0.2, 0.25) is 11.8 Å². The second-order valence-electron chi connectivity index (χ2n) is 10.2. The lowest BCUT2D eigenvalue weighted by Crippen LogP contribution is -2.60. The number of aromatic nitrogens is 1. The molecule has 3 amide bonds. The van der Waals surface area contributed by atoms with Gasteiger partial charge in [0.1, 0.15) is 23.9 Å². The summed E-state index contributed by atoms with van der Waals surface area (Å²) in [7, 11) is 0. The number of carbonyl (C=O) groups is 4. The monoisotopic (exact) mass is 540 g/mol. The summed E-state index contributed by atoms with van der Waals surface area (Å²) in [6.07, 6.45) is -0.734. The Bertz CT molecular complexity index is 1170. The molecule has 1 saturated heterocycles. The zero-order chi connectivity index (χ0) is 28.7. The van der Waals surface area contributed by atoms with Crippen LogP contribution < -0.4 is 16.0 Å². The van der Waals surface area contributed by atoms with Crippen LogP contribution in [0.25, 0.3) is 0 Å². The van der Waals surface area contributed by atoms with Gasteiger partial charge in [-0.2, -0.15) is 0 Å². The fraction of sp³-hybridized carbons (Fsp3) is 0.464. The van der Waals surface area contributed by atoms with Crippen molar-refractivity contribution >= 4 is 23.7 Å². The minimum atomic E-state index is -1.40. The van der Waals surface area contributed by atoms with Gasteiger partial charge in [-0.1, -0.05) is 51.1 Å². The van der Waals surface area contributed by atoms with Crippen molar-refractivity contribution in [2.75, 3.05) is 0 Å². The maximum atomic E-state index is 13.6. The van der Waals surface area contributed by atoms with Crippen molar-refractivity contribution < 1.29 is 34.1 Å². The Morgan fingerprint density at radius 1 is 1.05 bits per heavy atom. The fourth-order valence-corrected chi connectivity index (χ4v) is 4.40. The average molecular weight is 541 g/mol. The number of rotatable bonds is 6. The van der Waals surface area contributed by atoms with E-state index in [-0.39, 0.29) is 30.2 Å². The largest absolute Gasteiger partial charge is 0.505 e. The summed E-state index contributed by atoms with van der Waals surface area (Å²) in [5, 5.41) is 29.2. The van der Waals surface area contributed by atoms with Gasteiger partial charge >= 0.3 is 5.97 Å².